The minimum Gasteiger partial charge on any atom is -0.355 e. The molecule has 0 bridgehead atoms. The SMILES string of the molecule is CCc1cc(Nc2cc(C)c(C)c(C)c2)cc(CC)c1CC. The predicted octanol–water partition coefficient (Wildman–Crippen LogP) is 6.04. The van der Waals surface area contributed by atoms with Crippen molar-refractivity contribution in [3.8, 4) is 0 Å². The van der Waals surface area contributed by atoms with Crippen LogP contribution in [0.2, 0.25) is 0 Å². The van der Waals surface area contributed by atoms with Gasteiger partial charge in [0, 0.05) is 11.4 Å². The Morgan fingerprint density at radius 2 is 1.14 bits per heavy atom. The first kappa shape index (κ1) is 16.6. The van der Waals surface area contributed by atoms with Gasteiger partial charge in [-0.25, -0.2) is 0 Å². The molecule has 0 heterocycles. The molecule has 0 saturated heterocycles. The van der Waals surface area contributed by atoms with E-state index in [0.29, 0.717) is 0 Å². The molecule has 1 nitrogen and oxygen atoms in total. The van der Waals surface area contributed by atoms with Crippen molar-refractivity contribution in [2.45, 2.75) is 60.8 Å². The third-order valence-electron chi connectivity index (χ3n) is 4.77. The first-order chi connectivity index (χ1) is 10.5. The average molecular weight is 295 g/mol. The molecule has 2 aromatic carbocycles. The van der Waals surface area contributed by atoms with Gasteiger partial charge in [0.25, 0.3) is 0 Å². The number of aryl methyl sites for hydroxylation is 4. The molecule has 22 heavy (non-hydrogen) atoms. The molecular weight excluding hydrogens is 266 g/mol. The first-order valence-electron chi connectivity index (χ1n) is 8.49. The number of hydrogen-bond donors (Lipinski definition) is 1. The van der Waals surface area contributed by atoms with Gasteiger partial charge in [-0.05, 0) is 97.7 Å². The second kappa shape index (κ2) is 7.00. The highest BCUT2D eigenvalue weighted by Crippen LogP contribution is 2.27. The van der Waals surface area contributed by atoms with E-state index < -0.39 is 0 Å². The number of anilines is 2. The maximum Gasteiger partial charge on any atom is 0.0389 e. The second-order valence-electron chi connectivity index (χ2n) is 6.19. The zero-order valence-electron chi connectivity index (χ0n) is 14.9. The molecular formula is C21H29N. The van der Waals surface area contributed by atoms with Crippen molar-refractivity contribution in [2.75, 3.05) is 5.32 Å². The first-order valence-corrected chi connectivity index (χ1v) is 8.49. The normalized spacial score (nSPS) is 10.8. The van der Waals surface area contributed by atoms with Gasteiger partial charge in [0.1, 0.15) is 0 Å². The summed E-state index contributed by atoms with van der Waals surface area (Å²) in [5.41, 5.74) is 11.0. The molecule has 1 N–H and O–H groups in total. The summed E-state index contributed by atoms with van der Waals surface area (Å²) in [5.74, 6) is 0. The van der Waals surface area contributed by atoms with Crippen molar-refractivity contribution in [1.29, 1.82) is 0 Å². The summed E-state index contributed by atoms with van der Waals surface area (Å²) in [4.78, 5) is 0. The van der Waals surface area contributed by atoms with Crippen LogP contribution in [0.4, 0.5) is 11.4 Å². The molecule has 0 atom stereocenters. The molecule has 0 aromatic heterocycles. The smallest absolute Gasteiger partial charge is 0.0389 e. The zero-order chi connectivity index (χ0) is 16.3. The van der Waals surface area contributed by atoms with Gasteiger partial charge in [-0.15, -0.1) is 0 Å². The third kappa shape index (κ3) is 3.35. The van der Waals surface area contributed by atoms with Crippen molar-refractivity contribution in [3.05, 3.63) is 57.6 Å². The minimum atomic E-state index is 1.09. The van der Waals surface area contributed by atoms with Gasteiger partial charge >= 0.3 is 0 Å². The molecule has 0 amide bonds. The van der Waals surface area contributed by atoms with Crippen LogP contribution in [0.5, 0.6) is 0 Å². The third-order valence-corrected chi connectivity index (χ3v) is 4.77. The Labute approximate surface area is 135 Å². The fraction of sp³-hybridized carbons (Fsp3) is 0.429. The molecule has 1 heteroatoms. The Morgan fingerprint density at radius 3 is 1.55 bits per heavy atom. The standard InChI is InChI=1S/C21H29N/c1-7-17-12-20(13-18(8-2)21(17)9-3)22-19-10-14(4)16(6)15(5)11-19/h10-13,22H,7-9H2,1-6H3. The van der Waals surface area contributed by atoms with Crippen LogP contribution >= 0.6 is 0 Å². The molecule has 0 aliphatic rings. The fourth-order valence-electron chi connectivity index (χ4n) is 3.23. The van der Waals surface area contributed by atoms with Crippen molar-refractivity contribution in [2.24, 2.45) is 0 Å². The van der Waals surface area contributed by atoms with Gasteiger partial charge in [0.05, 0.1) is 0 Å². The van der Waals surface area contributed by atoms with Gasteiger partial charge in [0.2, 0.25) is 0 Å². The predicted molar refractivity (Wildman–Crippen MR) is 98.5 cm³/mol. The Kier molecular flexibility index (Phi) is 5.28. The van der Waals surface area contributed by atoms with Gasteiger partial charge in [-0.1, -0.05) is 20.8 Å². The summed E-state index contributed by atoms with van der Waals surface area (Å²) < 4.78 is 0. The lowest BCUT2D eigenvalue weighted by molar-refractivity contribution is 0.982. The van der Waals surface area contributed by atoms with Gasteiger partial charge in [-0.3, -0.25) is 0 Å². The lowest BCUT2D eigenvalue weighted by Crippen LogP contribution is -2.01. The molecule has 2 aromatic rings. The molecule has 0 fully saturated rings. The van der Waals surface area contributed by atoms with Crippen LogP contribution in [-0.4, -0.2) is 0 Å². The van der Waals surface area contributed by atoms with Crippen molar-refractivity contribution < 1.29 is 0 Å². The topological polar surface area (TPSA) is 12.0 Å². The van der Waals surface area contributed by atoms with Crippen LogP contribution in [0.1, 0.15) is 54.2 Å². The summed E-state index contributed by atoms with van der Waals surface area (Å²) in [6.45, 7) is 13.3. The van der Waals surface area contributed by atoms with E-state index in [0.717, 1.165) is 19.3 Å². The molecule has 0 saturated carbocycles. The van der Waals surface area contributed by atoms with Crippen LogP contribution in [0, 0.1) is 20.8 Å². The van der Waals surface area contributed by atoms with Crippen LogP contribution in [0.15, 0.2) is 24.3 Å². The van der Waals surface area contributed by atoms with Gasteiger partial charge < -0.3 is 5.32 Å². The molecule has 0 aliphatic heterocycles. The number of hydrogen-bond acceptors (Lipinski definition) is 1. The van der Waals surface area contributed by atoms with Crippen LogP contribution < -0.4 is 5.32 Å². The fourth-order valence-corrected chi connectivity index (χ4v) is 3.23. The highest BCUT2D eigenvalue weighted by Gasteiger charge is 2.08. The van der Waals surface area contributed by atoms with Crippen molar-refractivity contribution >= 4 is 11.4 Å². The Morgan fingerprint density at radius 1 is 0.682 bits per heavy atom. The van der Waals surface area contributed by atoms with Crippen molar-refractivity contribution in [1.82, 2.24) is 0 Å². The van der Waals surface area contributed by atoms with Gasteiger partial charge in [0.15, 0.2) is 0 Å². The number of nitrogens with one attached hydrogen (secondary N) is 1. The van der Waals surface area contributed by atoms with E-state index in [-0.39, 0.29) is 0 Å². The van der Waals surface area contributed by atoms with Crippen molar-refractivity contribution in [3.63, 3.8) is 0 Å². The molecule has 2 rings (SSSR count). The molecule has 0 unspecified atom stereocenters. The zero-order valence-corrected chi connectivity index (χ0v) is 14.9. The lowest BCUT2D eigenvalue weighted by atomic mass is 9.94. The molecule has 0 aliphatic carbocycles. The maximum atomic E-state index is 3.61. The van der Waals surface area contributed by atoms with E-state index in [1.807, 2.05) is 0 Å². The Hall–Kier alpha value is -1.76. The number of rotatable bonds is 5. The highest BCUT2D eigenvalue weighted by atomic mass is 14.9. The van der Waals surface area contributed by atoms with Crippen LogP contribution in [0.25, 0.3) is 0 Å². The maximum absolute atomic E-state index is 3.61. The van der Waals surface area contributed by atoms with E-state index in [4.69, 9.17) is 0 Å². The lowest BCUT2D eigenvalue weighted by Gasteiger charge is -2.17. The van der Waals surface area contributed by atoms with Crippen LogP contribution in [0.3, 0.4) is 0 Å². The summed E-state index contributed by atoms with van der Waals surface area (Å²) >= 11 is 0. The van der Waals surface area contributed by atoms with E-state index in [2.05, 4.69) is 71.1 Å². The highest BCUT2D eigenvalue weighted by molar-refractivity contribution is 5.65. The molecule has 0 radical (unpaired) electrons. The summed E-state index contributed by atoms with van der Waals surface area (Å²) in [5, 5.41) is 3.61. The summed E-state index contributed by atoms with van der Waals surface area (Å²) in [7, 11) is 0. The van der Waals surface area contributed by atoms with E-state index >= 15 is 0 Å². The average Bonchev–Trinajstić information content (AvgIpc) is 2.51. The minimum absolute atomic E-state index is 1.09. The monoisotopic (exact) mass is 295 g/mol. The quantitative estimate of drug-likeness (QED) is 0.708. The van der Waals surface area contributed by atoms with E-state index in [1.165, 1.54) is 44.8 Å². The summed E-state index contributed by atoms with van der Waals surface area (Å²) in [6, 6.07) is 9.13. The van der Waals surface area contributed by atoms with E-state index in [1.54, 1.807) is 0 Å². The molecule has 0 spiro atoms. The molecule has 118 valence electrons. The summed E-state index contributed by atoms with van der Waals surface area (Å²) in [6.07, 6.45) is 3.31. The Balaban J connectivity index is 2.41. The van der Waals surface area contributed by atoms with Gasteiger partial charge in [-0.2, -0.15) is 0 Å². The van der Waals surface area contributed by atoms with E-state index in [9.17, 15) is 0 Å². The number of benzene rings is 2. The largest absolute Gasteiger partial charge is 0.355 e. The second-order valence-corrected chi connectivity index (χ2v) is 6.19. The Bertz CT molecular complexity index is 620. The van der Waals surface area contributed by atoms with Crippen LogP contribution in [-0.2, 0) is 19.3 Å².